The summed E-state index contributed by atoms with van der Waals surface area (Å²) in [5.74, 6) is 0. The van der Waals surface area contributed by atoms with Gasteiger partial charge in [-0.05, 0) is 50.6 Å². The molecule has 0 aromatic heterocycles. The predicted molar refractivity (Wildman–Crippen MR) is 111 cm³/mol. The first kappa shape index (κ1) is 18.0. The summed E-state index contributed by atoms with van der Waals surface area (Å²) in [4.78, 5) is 0. The minimum atomic E-state index is 0.115. The minimum Gasteiger partial charge on any atom is -0.0620 e. The van der Waals surface area contributed by atoms with Crippen molar-refractivity contribution in [3.8, 4) is 11.1 Å². The molecule has 0 atom stereocenters. The molecule has 1 radical (unpaired) electrons. The standard InChI is InChI=1S/C25H31/c1-8-17-11-9-10-12-20(17)23-21-16-19(24(2,3)4)15-18(21)13-14-22(23)25(5,6)7/h9-16H,8H2,1-7H3. The maximum atomic E-state index is 2.42. The summed E-state index contributed by atoms with van der Waals surface area (Å²) < 4.78 is 0. The second-order valence-electron chi connectivity index (χ2n) is 9.25. The number of aryl methyl sites for hydroxylation is 1. The molecular weight excluding hydrogens is 300 g/mol. The van der Waals surface area contributed by atoms with Gasteiger partial charge in [0.25, 0.3) is 0 Å². The van der Waals surface area contributed by atoms with E-state index in [0.29, 0.717) is 0 Å². The summed E-state index contributed by atoms with van der Waals surface area (Å²) in [6.07, 6.45) is 5.86. The first-order chi connectivity index (χ1) is 11.6. The SMILES string of the molecule is CCc1ccccc1-c1c(C(C)(C)C)ccc2c1C=C(C(C)(C)C)[CH]2. The van der Waals surface area contributed by atoms with Crippen molar-refractivity contribution >= 4 is 6.08 Å². The highest BCUT2D eigenvalue weighted by atomic mass is 14.3. The number of benzene rings is 2. The highest BCUT2D eigenvalue weighted by Crippen LogP contribution is 2.45. The van der Waals surface area contributed by atoms with E-state index in [1.54, 1.807) is 0 Å². The molecular formula is C25H31. The first-order valence-corrected chi connectivity index (χ1v) is 9.45. The lowest BCUT2D eigenvalue weighted by atomic mass is 9.78. The summed E-state index contributed by atoms with van der Waals surface area (Å²) >= 11 is 0. The Kier molecular flexibility index (Phi) is 4.43. The fourth-order valence-electron chi connectivity index (χ4n) is 3.70. The molecule has 0 N–H and O–H groups in total. The van der Waals surface area contributed by atoms with Gasteiger partial charge in [-0.3, -0.25) is 0 Å². The van der Waals surface area contributed by atoms with Crippen molar-refractivity contribution in [3.63, 3.8) is 0 Å². The van der Waals surface area contributed by atoms with E-state index in [1.165, 1.54) is 39.0 Å². The lowest BCUT2D eigenvalue weighted by Gasteiger charge is -2.26. The molecule has 0 heteroatoms. The Labute approximate surface area is 154 Å². The molecule has 0 heterocycles. The van der Waals surface area contributed by atoms with Gasteiger partial charge in [0.1, 0.15) is 0 Å². The van der Waals surface area contributed by atoms with Crippen LogP contribution < -0.4 is 0 Å². The molecule has 1 aliphatic rings. The zero-order valence-electron chi connectivity index (χ0n) is 16.8. The molecule has 0 saturated heterocycles. The third kappa shape index (κ3) is 3.32. The summed E-state index contributed by atoms with van der Waals surface area (Å²) in [7, 11) is 0. The molecule has 2 aromatic carbocycles. The van der Waals surface area contributed by atoms with E-state index in [4.69, 9.17) is 0 Å². The molecule has 25 heavy (non-hydrogen) atoms. The summed E-state index contributed by atoms with van der Waals surface area (Å²) in [6, 6.07) is 13.6. The largest absolute Gasteiger partial charge is 0.0620 e. The van der Waals surface area contributed by atoms with Crippen LogP contribution in [-0.4, -0.2) is 0 Å². The zero-order chi connectivity index (χ0) is 18.4. The van der Waals surface area contributed by atoms with Gasteiger partial charge in [0.2, 0.25) is 0 Å². The summed E-state index contributed by atoms with van der Waals surface area (Å²) in [5, 5.41) is 0. The molecule has 3 rings (SSSR count). The first-order valence-electron chi connectivity index (χ1n) is 9.45. The average Bonchev–Trinajstić information content (AvgIpc) is 2.97. The smallest absolute Gasteiger partial charge is 0.0170 e. The Morgan fingerprint density at radius 1 is 0.800 bits per heavy atom. The lowest BCUT2D eigenvalue weighted by molar-refractivity contribution is 0.516. The van der Waals surface area contributed by atoms with Crippen molar-refractivity contribution in [1.82, 2.24) is 0 Å². The molecule has 2 aromatic rings. The van der Waals surface area contributed by atoms with Crippen LogP contribution >= 0.6 is 0 Å². The number of hydrogen-bond donors (Lipinski definition) is 0. The molecule has 0 spiro atoms. The molecule has 0 saturated carbocycles. The van der Waals surface area contributed by atoms with E-state index in [0.717, 1.165) is 6.42 Å². The number of fused-ring (bicyclic) bond motifs is 1. The Morgan fingerprint density at radius 2 is 1.48 bits per heavy atom. The number of allylic oxidation sites excluding steroid dienone is 1. The molecule has 0 bridgehead atoms. The van der Waals surface area contributed by atoms with Crippen molar-refractivity contribution in [3.05, 3.63) is 70.6 Å². The van der Waals surface area contributed by atoms with Gasteiger partial charge in [0.05, 0.1) is 0 Å². The van der Waals surface area contributed by atoms with Crippen molar-refractivity contribution in [2.45, 2.75) is 60.3 Å². The van der Waals surface area contributed by atoms with Crippen LogP contribution in [0.5, 0.6) is 0 Å². The van der Waals surface area contributed by atoms with Gasteiger partial charge in [0, 0.05) is 6.42 Å². The van der Waals surface area contributed by atoms with E-state index in [9.17, 15) is 0 Å². The van der Waals surface area contributed by atoms with Crippen LogP contribution in [-0.2, 0) is 11.8 Å². The molecule has 0 fully saturated rings. The van der Waals surface area contributed by atoms with Gasteiger partial charge in [-0.2, -0.15) is 0 Å². The van der Waals surface area contributed by atoms with E-state index in [2.05, 4.69) is 97.4 Å². The van der Waals surface area contributed by atoms with Crippen LogP contribution in [0.2, 0.25) is 0 Å². The molecule has 0 amide bonds. The van der Waals surface area contributed by atoms with Crippen LogP contribution in [0.15, 0.2) is 42.0 Å². The number of hydrogen-bond acceptors (Lipinski definition) is 0. The van der Waals surface area contributed by atoms with Gasteiger partial charge < -0.3 is 0 Å². The Balaban J connectivity index is 2.33. The van der Waals surface area contributed by atoms with Crippen LogP contribution in [0.1, 0.15) is 70.7 Å². The zero-order valence-corrected chi connectivity index (χ0v) is 16.8. The quantitative estimate of drug-likeness (QED) is 0.545. The van der Waals surface area contributed by atoms with E-state index in [1.807, 2.05) is 0 Å². The summed E-state index contributed by atoms with van der Waals surface area (Å²) in [5.41, 5.74) is 10.2. The maximum Gasteiger partial charge on any atom is 0.0170 e. The highest BCUT2D eigenvalue weighted by Gasteiger charge is 2.29. The third-order valence-electron chi connectivity index (χ3n) is 5.23. The monoisotopic (exact) mass is 331 g/mol. The molecule has 0 nitrogen and oxygen atoms in total. The van der Waals surface area contributed by atoms with Crippen molar-refractivity contribution in [2.75, 3.05) is 0 Å². The van der Waals surface area contributed by atoms with E-state index < -0.39 is 0 Å². The Morgan fingerprint density at radius 3 is 2.08 bits per heavy atom. The summed E-state index contributed by atoms with van der Waals surface area (Å²) in [6.45, 7) is 16.1. The Bertz CT molecular complexity index is 820. The average molecular weight is 332 g/mol. The van der Waals surface area contributed by atoms with Gasteiger partial charge in [-0.15, -0.1) is 0 Å². The fraction of sp³-hybridized carbons (Fsp3) is 0.400. The third-order valence-corrected chi connectivity index (χ3v) is 5.23. The molecule has 1 aliphatic carbocycles. The van der Waals surface area contributed by atoms with Gasteiger partial charge in [0.15, 0.2) is 0 Å². The van der Waals surface area contributed by atoms with Crippen molar-refractivity contribution in [2.24, 2.45) is 5.41 Å². The lowest BCUT2D eigenvalue weighted by Crippen LogP contribution is -2.14. The maximum absolute atomic E-state index is 2.42. The highest BCUT2D eigenvalue weighted by molar-refractivity contribution is 5.87. The van der Waals surface area contributed by atoms with Gasteiger partial charge in [-0.25, -0.2) is 0 Å². The van der Waals surface area contributed by atoms with Crippen LogP contribution in [0.4, 0.5) is 0 Å². The molecule has 0 aliphatic heterocycles. The second-order valence-corrected chi connectivity index (χ2v) is 9.25. The Hall–Kier alpha value is -1.82. The predicted octanol–water partition coefficient (Wildman–Crippen LogP) is 7.21. The number of rotatable bonds is 2. The van der Waals surface area contributed by atoms with Crippen molar-refractivity contribution < 1.29 is 0 Å². The fourth-order valence-corrected chi connectivity index (χ4v) is 3.70. The van der Waals surface area contributed by atoms with E-state index in [-0.39, 0.29) is 10.8 Å². The van der Waals surface area contributed by atoms with Gasteiger partial charge >= 0.3 is 0 Å². The van der Waals surface area contributed by atoms with Gasteiger partial charge in [-0.1, -0.05) is 96.5 Å². The second kappa shape index (κ2) is 6.16. The molecule has 0 unspecified atom stereocenters. The van der Waals surface area contributed by atoms with Crippen molar-refractivity contribution in [1.29, 1.82) is 0 Å². The topological polar surface area (TPSA) is 0 Å². The molecule has 131 valence electrons. The minimum absolute atomic E-state index is 0.115. The normalized spacial score (nSPS) is 14.4. The van der Waals surface area contributed by atoms with E-state index >= 15 is 0 Å². The van der Waals surface area contributed by atoms with Crippen LogP contribution in [0.3, 0.4) is 0 Å². The van der Waals surface area contributed by atoms with Crippen LogP contribution in [0, 0.1) is 11.8 Å². The van der Waals surface area contributed by atoms with Crippen LogP contribution in [0.25, 0.3) is 17.2 Å².